The quantitative estimate of drug-likeness (QED) is 0.385. The van der Waals surface area contributed by atoms with Crippen molar-refractivity contribution in [1.82, 2.24) is 15.2 Å². The second-order valence-corrected chi connectivity index (χ2v) is 11.0. The monoisotopic (exact) mass is 586 g/mol. The molecule has 42 heavy (non-hydrogen) atoms. The fourth-order valence-corrected chi connectivity index (χ4v) is 5.61. The molecule has 8 nitrogen and oxygen atoms in total. The smallest absolute Gasteiger partial charge is 0.369 e. The summed E-state index contributed by atoms with van der Waals surface area (Å²) in [5.41, 5.74) is -0.755. The summed E-state index contributed by atoms with van der Waals surface area (Å²) in [4.78, 5) is 33.4. The Morgan fingerprint density at radius 1 is 0.976 bits per heavy atom. The zero-order valence-corrected chi connectivity index (χ0v) is 23.7. The second-order valence-electron chi connectivity index (χ2n) is 11.0. The Morgan fingerprint density at radius 2 is 1.62 bits per heavy atom. The van der Waals surface area contributed by atoms with Crippen LogP contribution in [0.5, 0.6) is 0 Å². The first-order chi connectivity index (χ1) is 19.9. The van der Waals surface area contributed by atoms with Crippen molar-refractivity contribution in [3.63, 3.8) is 0 Å². The molecular weight excluding hydrogens is 552 g/mol. The van der Waals surface area contributed by atoms with Crippen LogP contribution in [0.3, 0.4) is 0 Å². The first kappa shape index (κ1) is 29.6. The van der Waals surface area contributed by atoms with Gasteiger partial charge in [0.1, 0.15) is 5.82 Å². The zero-order valence-electron chi connectivity index (χ0n) is 23.7. The SMILES string of the molecule is C[C@@H]1CN(c2cc(F)c(-c3ccc(N4CCNCC4)cc3)cc2NC(=O)c2c[nH]c(=O)cc2C(F)(F)F)C[C@H](C)N1C. The van der Waals surface area contributed by atoms with Crippen LogP contribution in [0.2, 0.25) is 0 Å². The van der Waals surface area contributed by atoms with E-state index in [9.17, 15) is 22.8 Å². The number of pyridine rings is 1. The predicted octanol–water partition coefficient (Wildman–Crippen LogP) is 4.39. The minimum atomic E-state index is -4.92. The number of anilines is 3. The number of aromatic nitrogens is 1. The van der Waals surface area contributed by atoms with Crippen LogP contribution in [0.15, 0.2) is 53.5 Å². The number of piperazine rings is 2. The van der Waals surface area contributed by atoms with Crippen molar-refractivity contribution < 1.29 is 22.4 Å². The molecule has 2 aliphatic heterocycles. The van der Waals surface area contributed by atoms with E-state index >= 15 is 4.39 Å². The molecule has 0 bridgehead atoms. The number of alkyl halides is 3. The van der Waals surface area contributed by atoms with Crippen molar-refractivity contribution in [2.45, 2.75) is 32.1 Å². The molecule has 12 heteroatoms. The summed E-state index contributed by atoms with van der Waals surface area (Å²) in [6.45, 7) is 8.55. The number of benzene rings is 2. The topological polar surface area (TPSA) is 83.7 Å². The number of hydrogen-bond acceptors (Lipinski definition) is 6. The maximum Gasteiger partial charge on any atom is 0.417 e. The van der Waals surface area contributed by atoms with Crippen molar-refractivity contribution in [3.05, 3.63) is 76.0 Å². The Hall–Kier alpha value is -3.90. The van der Waals surface area contributed by atoms with Gasteiger partial charge in [0.2, 0.25) is 5.56 Å². The molecule has 0 radical (unpaired) electrons. The van der Waals surface area contributed by atoms with Crippen LogP contribution in [0.1, 0.15) is 29.8 Å². The van der Waals surface area contributed by atoms with Gasteiger partial charge in [0.05, 0.1) is 22.5 Å². The number of hydrogen-bond donors (Lipinski definition) is 3. The zero-order chi connectivity index (χ0) is 30.2. The molecule has 5 rings (SSSR count). The van der Waals surface area contributed by atoms with Gasteiger partial charge in [-0.2, -0.15) is 13.2 Å². The number of likely N-dealkylation sites (N-methyl/N-ethyl adjacent to an activating group) is 1. The second kappa shape index (κ2) is 11.8. The highest BCUT2D eigenvalue weighted by atomic mass is 19.4. The first-order valence-electron chi connectivity index (χ1n) is 13.9. The number of rotatable bonds is 5. The molecule has 2 saturated heterocycles. The van der Waals surface area contributed by atoms with Crippen LogP contribution in [0, 0.1) is 5.82 Å². The molecule has 224 valence electrons. The van der Waals surface area contributed by atoms with Gasteiger partial charge in [-0.3, -0.25) is 14.5 Å². The lowest BCUT2D eigenvalue weighted by atomic mass is 10.0. The summed E-state index contributed by atoms with van der Waals surface area (Å²) in [6, 6.07) is 10.8. The van der Waals surface area contributed by atoms with Gasteiger partial charge in [-0.15, -0.1) is 0 Å². The molecule has 2 aromatic carbocycles. The summed E-state index contributed by atoms with van der Waals surface area (Å²) >= 11 is 0. The van der Waals surface area contributed by atoms with E-state index in [2.05, 4.69) is 25.4 Å². The van der Waals surface area contributed by atoms with E-state index in [1.54, 1.807) is 12.1 Å². The number of carbonyl (C=O) groups excluding carboxylic acids is 1. The van der Waals surface area contributed by atoms with Crippen LogP contribution in [-0.2, 0) is 6.18 Å². The maximum absolute atomic E-state index is 15.8. The number of aromatic amines is 1. The number of carbonyl (C=O) groups is 1. The molecule has 3 heterocycles. The van der Waals surface area contributed by atoms with Gasteiger partial charge in [0, 0.05) is 74.9 Å². The van der Waals surface area contributed by atoms with Gasteiger partial charge in [-0.05, 0) is 50.7 Å². The van der Waals surface area contributed by atoms with Crippen molar-refractivity contribution in [1.29, 1.82) is 0 Å². The van der Waals surface area contributed by atoms with Crippen molar-refractivity contribution in [2.75, 3.05) is 61.4 Å². The lowest BCUT2D eigenvalue weighted by Crippen LogP contribution is -2.55. The van der Waals surface area contributed by atoms with Crippen LogP contribution in [0.25, 0.3) is 11.1 Å². The van der Waals surface area contributed by atoms with Crippen molar-refractivity contribution >= 4 is 23.0 Å². The van der Waals surface area contributed by atoms with E-state index in [4.69, 9.17) is 0 Å². The van der Waals surface area contributed by atoms with E-state index < -0.39 is 34.6 Å². The number of nitrogens with zero attached hydrogens (tertiary/aromatic N) is 3. The van der Waals surface area contributed by atoms with Gasteiger partial charge >= 0.3 is 6.18 Å². The molecular formula is C30H34F4N6O2. The molecule has 1 amide bonds. The van der Waals surface area contributed by atoms with Crippen LogP contribution in [-0.4, -0.2) is 74.2 Å². The molecule has 1 aromatic heterocycles. The molecule has 0 spiro atoms. The highest BCUT2D eigenvalue weighted by molar-refractivity contribution is 6.07. The number of nitrogens with one attached hydrogen (secondary N) is 3. The molecule has 0 saturated carbocycles. The molecule has 0 unspecified atom stereocenters. The first-order valence-corrected chi connectivity index (χ1v) is 13.9. The third kappa shape index (κ3) is 6.14. The van der Waals surface area contributed by atoms with Crippen LogP contribution < -0.4 is 26.0 Å². The summed E-state index contributed by atoms with van der Waals surface area (Å²) in [5.74, 6) is -1.58. The molecule has 3 aromatic rings. The maximum atomic E-state index is 15.8. The Labute approximate surface area is 241 Å². The predicted molar refractivity (Wildman–Crippen MR) is 156 cm³/mol. The normalized spacial score (nSPS) is 20.1. The van der Waals surface area contributed by atoms with Gasteiger partial charge in [-0.25, -0.2) is 4.39 Å². The van der Waals surface area contributed by atoms with Crippen LogP contribution in [0.4, 0.5) is 34.6 Å². The summed E-state index contributed by atoms with van der Waals surface area (Å²) in [5, 5.41) is 5.90. The van der Waals surface area contributed by atoms with Gasteiger partial charge in [0.15, 0.2) is 0 Å². The average Bonchev–Trinajstić information content (AvgIpc) is 2.96. The Kier molecular flexibility index (Phi) is 8.29. The minimum absolute atomic E-state index is 0.105. The number of H-pyrrole nitrogens is 1. The summed E-state index contributed by atoms with van der Waals surface area (Å²) in [7, 11) is 2.00. The Bertz CT molecular complexity index is 1490. The van der Waals surface area contributed by atoms with E-state index in [1.165, 1.54) is 12.1 Å². The summed E-state index contributed by atoms with van der Waals surface area (Å²) < 4.78 is 56.9. The summed E-state index contributed by atoms with van der Waals surface area (Å²) in [6.07, 6.45) is -4.17. The van der Waals surface area contributed by atoms with E-state index in [-0.39, 0.29) is 23.3 Å². The van der Waals surface area contributed by atoms with Gasteiger partial charge in [-0.1, -0.05) is 12.1 Å². The lowest BCUT2D eigenvalue weighted by Gasteiger charge is -2.44. The van der Waals surface area contributed by atoms with Gasteiger partial charge < -0.3 is 25.4 Å². The molecule has 0 aliphatic carbocycles. The molecule has 3 N–H and O–H groups in total. The number of halogens is 4. The highest BCUT2D eigenvalue weighted by Gasteiger charge is 2.36. The Morgan fingerprint density at radius 3 is 2.24 bits per heavy atom. The largest absolute Gasteiger partial charge is 0.417 e. The minimum Gasteiger partial charge on any atom is -0.369 e. The fourth-order valence-electron chi connectivity index (χ4n) is 5.61. The van der Waals surface area contributed by atoms with Crippen molar-refractivity contribution in [2.24, 2.45) is 0 Å². The average molecular weight is 587 g/mol. The third-order valence-electron chi connectivity index (χ3n) is 8.17. The van der Waals surface area contributed by atoms with E-state index in [0.29, 0.717) is 30.4 Å². The Balaban J connectivity index is 1.54. The molecule has 2 aliphatic rings. The number of amides is 1. The molecule has 2 atom stereocenters. The van der Waals surface area contributed by atoms with E-state index in [1.807, 2.05) is 37.9 Å². The lowest BCUT2D eigenvalue weighted by molar-refractivity contribution is -0.138. The fraction of sp³-hybridized carbons (Fsp3) is 0.400. The standard InChI is InChI=1S/C30H34F4N6O2/c1-18-16-40(17-19(2)38(18)3)27-14-25(31)22(20-4-6-21(7-5-20)39-10-8-35-9-11-39)12-26(27)37-29(42)23-15-36-28(41)13-24(23)30(32,33)34/h4-7,12-15,18-19,35H,8-11,16-17H2,1-3H3,(H,36,41)(H,37,42)/t18-,19+. The van der Waals surface area contributed by atoms with Crippen molar-refractivity contribution in [3.8, 4) is 11.1 Å². The van der Waals surface area contributed by atoms with Gasteiger partial charge in [0.25, 0.3) is 5.91 Å². The molecule has 2 fully saturated rings. The highest BCUT2D eigenvalue weighted by Crippen LogP contribution is 2.37. The van der Waals surface area contributed by atoms with E-state index in [0.717, 1.165) is 38.1 Å². The third-order valence-corrected chi connectivity index (χ3v) is 8.17. The van der Waals surface area contributed by atoms with Crippen LogP contribution >= 0.6 is 0 Å².